The standard InChI is InChI=1S/C13H19NO3/c1-2-8-14(11-13(15)16)9-10-17-12-6-4-3-5-7-12/h3-7H,2,8-11H2,1H3,(H,15,16). The Morgan fingerprint density at radius 2 is 2.00 bits per heavy atom. The first-order valence-electron chi connectivity index (χ1n) is 5.84. The van der Waals surface area contributed by atoms with Gasteiger partial charge in [0.2, 0.25) is 0 Å². The van der Waals surface area contributed by atoms with E-state index < -0.39 is 5.97 Å². The molecular formula is C13H19NO3. The number of aliphatic carboxylic acids is 1. The molecule has 1 aromatic carbocycles. The fourth-order valence-corrected chi connectivity index (χ4v) is 1.59. The van der Waals surface area contributed by atoms with Crippen LogP contribution in [0.15, 0.2) is 30.3 Å². The third kappa shape index (κ3) is 5.92. The Bertz CT molecular complexity index is 327. The van der Waals surface area contributed by atoms with Crippen LogP contribution in [0.4, 0.5) is 0 Å². The Hall–Kier alpha value is -1.55. The van der Waals surface area contributed by atoms with Crippen LogP contribution in [0.5, 0.6) is 5.75 Å². The van der Waals surface area contributed by atoms with E-state index in [1.165, 1.54) is 0 Å². The molecule has 0 saturated carbocycles. The van der Waals surface area contributed by atoms with Crippen molar-refractivity contribution < 1.29 is 14.6 Å². The number of nitrogens with zero attached hydrogens (tertiary/aromatic N) is 1. The average molecular weight is 237 g/mol. The van der Waals surface area contributed by atoms with Crippen molar-refractivity contribution in [3.63, 3.8) is 0 Å². The number of para-hydroxylation sites is 1. The van der Waals surface area contributed by atoms with E-state index in [0.29, 0.717) is 13.2 Å². The van der Waals surface area contributed by atoms with Gasteiger partial charge in [0, 0.05) is 6.54 Å². The maximum atomic E-state index is 10.6. The van der Waals surface area contributed by atoms with Crippen molar-refractivity contribution in [1.82, 2.24) is 4.90 Å². The summed E-state index contributed by atoms with van der Waals surface area (Å²) in [4.78, 5) is 12.5. The van der Waals surface area contributed by atoms with Gasteiger partial charge in [-0.25, -0.2) is 0 Å². The van der Waals surface area contributed by atoms with Crippen molar-refractivity contribution in [3.8, 4) is 5.75 Å². The lowest BCUT2D eigenvalue weighted by molar-refractivity contribution is -0.138. The highest BCUT2D eigenvalue weighted by Crippen LogP contribution is 2.07. The highest BCUT2D eigenvalue weighted by molar-refractivity contribution is 5.69. The van der Waals surface area contributed by atoms with Gasteiger partial charge in [-0.2, -0.15) is 0 Å². The second kappa shape index (κ2) is 7.68. The van der Waals surface area contributed by atoms with Gasteiger partial charge in [-0.1, -0.05) is 25.1 Å². The van der Waals surface area contributed by atoms with Crippen LogP contribution in [0.1, 0.15) is 13.3 Å². The number of ether oxygens (including phenoxy) is 1. The maximum absolute atomic E-state index is 10.6. The van der Waals surface area contributed by atoms with E-state index in [1.54, 1.807) is 0 Å². The predicted octanol–water partition coefficient (Wildman–Crippen LogP) is 1.86. The lowest BCUT2D eigenvalue weighted by Crippen LogP contribution is -2.34. The van der Waals surface area contributed by atoms with E-state index in [0.717, 1.165) is 18.7 Å². The van der Waals surface area contributed by atoms with Crippen LogP contribution < -0.4 is 4.74 Å². The summed E-state index contributed by atoms with van der Waals surface area (Å²) in [6.07, 6.45) is 0.943. The molecule has 0 unspecified atom stereocenters. The summed E-state index contributed by atoms with van der Waals surface area (Å²) in [5.74, 6) is 0.0254. The Morgan fingerprint density at radius 1 is 1.29 bits per heavy atom. The van der Waals surface area contributed by atoms with Gasteiger partial charge in [-0.15, -0.1) is 0 Å². The smallest absolute Gasteiger partial charge is 0.317 e. The summed E-state index contributed by atoms with van der Waals surface area (Å²) in [6, 6.07) is 9.54. The summed E-state index contributed by atoms with van der Waals surface area (Å²) >= 11 is 0. The van der Waals surface area contributed by atoms with Crippen molar-refractivity contribution in [2.24, 2.45) is 0 Å². The zero-order chi connectivity index (χ0) is 12.5. The van der Waals surface area contributed by atoms with Gasteiger partial charge >= 0.3 is 5.97 Å². The maximum Gasteiger partial charge on any atom is 0.317 e. The summed E-state index contributed by atoms with van der Waals surface area (Å²) in [6.45, 7) is 4.04. The summed E-state index contributed by atoms with van der Waals surface area (Å²) in [7, 11) is 0. The molecule has 0 atom stereocenters. The molecule has 1 aromatic rings. The van der Waals surface area contributed by atoms with Crippen molar-refractivity contribution in [3.05, 3.63) is 30.3 Å². The normalized spacial score (nSPS) is 10.5. The first kappa shape index (κ1) is 13.5. The number of hydrogen-bond acceptors (Lipinski definition) is 3. The topological polar surface area (TPSA) is 49.8 Å². The van der Waals surface area contributed by atoms with E-state index in [1.807, 2.05) is 42.2 Å². The second-order valence-corrected chi connectivity index (χ2v) is 3.83. The lowest BCUT2D eigenvalue weighted by Gasteiger charge is -2.19. The van der Waals surface area contributed by atoms with E-state index in [2.05, 4.69) is 0 Å². The number of hydrogen-bond donors (Lipinski definition) is 1. The minimum Gasteiger partial charge on any atom is -0.492 e. The van der Waals surface area contributed by atoms with Crippen LogP contribution in [0.2, 0.25) is 0 Å². The predicted molar refractivity (Wildman–Crippen MR) is 66.3 cm³/mol. The number of rotatable bonds is 8. The van der Waals surface area contributed by atoms with Gasteiger partial charge in [0.25, 0.3) is 0 Å². The molecule has 0 saturated heterocycles. The highest BCUT2D eigenvalue weighted by Gasteiger charge is 2.08. The van der Waals surface area contributed by atoms with Gasteiger partial charge in [0.15, 0.2) is 0 Å². The van der Waals surface area contributed by atoms with Crippen molar-refractivity contribution >= 4 is 5.97 Å². The molecule has 0 radical (unpaired) electrons. The fourth-order valence-electron chi connectivity index (χ4n) is 1.59. The molecule has 0 amide bonds. The summed E-state index contributed by atoms with van der Waals surface area (Å²) < 4.78 is 5.53. The fraction of sp³-hybridized carbons (Fsp3) is 0.462. The summed E-state index contributed by atoms with van der Waals surface area (Å²) in [5.41, 5.74) is 0. The molecule has 94 valence electrons. The molecule has 0 fully saturated rings. The molecule has 17 heavy (non-hydrogen) atoms. The molecule has 4 nitrogen and oxygen atoms in total. The third-order valence-electron chi connectivity index (χ3n) is 2.32. The molecule has 0 heterocycles. The molecule has 1 rings (SSSR count). The van der Waals surface area contributed by atoms with Crippen molar-refractivity contribution in [2.45, 2.75) is 13.3 Å². The van der Waals surface area contributed by atoms with Gasteiger partial charge in [-0.3, -0.25) is 9.69 Å². The van der Waals surface area contributed by atoms with Crippen LogP contribution in [0.3, 0.4) is 0 Å². The average Bonchev–Trinajstić information content (AvgIpc) is 2.30. The molecular weight excluding hydrogens is 218 g/mol. The first-order chi connectivity index (χ1) is 8.22. The minimum absolute atomic E-state index is 0.0754. The number of carboxylic acids is 1. The van der Waals surface area contributed by atoms with E-state index in [9.17, 15) is 4.79 Å². The van der Waals surface area contributed by atoms with Crippen LogP contribution in [0, 0.1) is 0 Å². The minimum atomic E-state index is -0.793. The van der Waals surface area contributed by atoms with Gasteiger partial charge in [-0.05, 0) is 25.1 Å². The van der Waals surface area contributed by atoms with Crippen LogP contribution in [-0.4, -0.2) is 42.2 Å². The van der Waals surface area contributed by atoms with Crippen LogP contribution >= 0.6 is 0 Å². The Balaban J connectivity index is 2.29. The molecule has 0 aliphatic heterocycles. The highest BCUT2D eigenvalue weighted by atomic mass is 16.5. The Morgan fingerprint density at radius 3 is 2.59 bits per heavy atom. The monoisotopic (exact) mass is 237 g/mol. The number of carbonyl (C=O) groups is 1. The van der Waals surface area contributed by atoms with Crippen molar-refractivity contribution in [1.29, 1.82) is 0 Å². The Kier molecular flexibility index (Phi) is 6.10. The largest absolute Gasteiger partial charge is 0.492 e. The van der Waals surface area contributed by atoms with E-state index >= 15 is 0 Å². The quantitative estimate of drug-likeness (QED) is 0.749. The second-order valence-electron chi connectivity index (χ2n) is 3.83. The molecule has 0 aliphatic carbocycles. The van der Waals surface area contributed by atoms with Crippen LogP contribution in [0.25, 0.3) is 0 Å². The zero-order valence-corrected chi connectivity index (χ0v) is 10.1. The summed E-state index contributed by atoms with van der Waals surface area (Å²) in [5, 5.41) is 8.74. The van der Waals surface area contributed by atoms with Gasteiger partial charge in [0.1, 0.15) is 12.4 Å². The molecule has 1 N–H and O–H groups in total. The van der Waals surface area contributed by atoms with Crippen LogP contribution in [-0.2, 0) is 4.79 Å². The molecule has 0 aromatic heterocycles. The third-order valence-corrected chi connectivity index (χ3v) is 2.32. The molecule has 0 spiro atoms. The molecule has 0 aliphatic rings. The zero-order valence-electron chi connectivity index (χ0n) is 10.1. The van der Waals surface area contributed by atoms with E-state index in [-0.39, 0.29) is 6.54 Å². The Labute approximate surface area is 102 Å². The van der Waals surface area contributed by atoms with E-state index in [4.69, 9.17) is 9.84 Å². The first-order valence-corrected chi connectivity index (χ1v) is 5.84. The van der Waals surface area contributed by atoms with Gasteiger partial charge in [0.05, 0.1) is 6.54 Å². The van der Waals surface area contributed by atoms with Gasteiger partial charge < -0.3 is 9.84 Å². The van der Waals surface area contributed by atoms with Crippen molar-refractivity contribution in [2.75, 3.05) is 26.2 Å². The number of benzene rings is 1. The number of carboxylic acid groups (broad SMARTS) is 1. The SMILES string of the molecule is CCCN(CCOc1ccccc1)CC(=O)O. The lowest BCUT2D eigenvalue weighted by atomic mass is 10.3. The molecule has 0 bridgehead atoms. The molecule has 4 heteroatoms.